The molecule has 2 aliphatic heterocycles. The molecule has 2 aliphatic rings. The summed E-state index contributed by atoms with van der Waals surface area (Å²) in [5, 5.41) is 0.827. The van der Waals surface area contributed by atoms with Crippen LogP contribution in [0.1, 0.15) is 18.1 Å². The summed E-state index contributed by atoms with van der Waals surface area (Å²) in [5.74, 6) is 0.633. The van der Waals surface area contributed by atoms with Crippen LogP contribution in [-0.4, -0.2) is 53.6 Å². The number of likely N-dealkylation sites (N-methyl/N-ethyl adjacent to an activating group) is 1. The summed E-state index contributed by atoms with van der Waals surface area (Å²) in [4.78, 5) is 22.0. The molecule has 2 heterocycles. The highest BCUT2D eigenvalue weighted by Crippen LogP contribution is 2.31. The minimum Gasteiger partial charge on any atom is -0.489 e. The largest absolute Gasteiger partial charge is 0.489 e. The summed E-state index contributed by atoms with van der Waals surface area (Å²) < 4.78 is 5.90. The summed E-state index contributed by atoms with van der Waals surface area (Å²) >= 11 is 1.47. The number of piperazine rings is 1. The summed E-state index contributed by atoms with van der Waals surface area (Å²) in [7, 11) is 0. The van der Waals surface area contributed by atoms with Gasteiger partial charge in [-0.1, -0.05) is 49.4 Å². The molecule has 5 nitrogen and oxygen atoms in total. The molecule has 0 N–H and O–H groups in total. The lowest BCUT2D eigenvalue weighted by Crippen LogP contribution is -2.47. The number of benzene rings is 2. The molecule has 29 heavy (non-hydrogen) atoms. The number of carbonyl (C=O) groups excluding carboxylic acids is 1. The molecule has 0 unspecified atom stereocenters. The second kappa shape index (κ2) is 9.29. The van der Waals surface area contributed by atoms with Gasteiger partial charge in [0.05, 0.1) is 4.91 Å². The summed E-state index contributed by atoms with van der Waals surface area (Å²) in [5.41, 5.74) is 2.07. The first kappa shape index (κ1) is 19.7. The second-order valence-electron chi connectivity index (χ2n) is 7.08. The Balaban J connectivity index is 1.39. The highest BCUT2D eigenvalue weighted by Gasteiger charge is 2.28. The molecule has 0 aliphatic carbocycles. The molecule has 2 aromatic carbocycles. The maximum atomic E-state index is 12.4. The first-order chi connectivity index (χ1) is 14.2. The van der Waals surface area contributed by atoms with Crippen LogP contribution >= 0.6 is 11.8 Å². The topological polar surface area (TPSA) is 45.1 Å². The second-order valence-corrected chi connectivity index (χ2v) is 8.09. The number of nitrogens with zero attached hydrogens (tertiary/aromatic N) is 3. The van der Waals surface area contributed by atoms with Crippen molar-refractivity contribution in [2.24, 2.45) is 4.99 Å². The Hall–Kier alpha value is -2.57. The number of ether oxygens (including phenoxy) is 1. The van der Waals surface area contributed by atoms with Crippen LogP contribution in [0.2, 0.25) is 0 Å². The lowest BCUT2D eigenvalue weighted by atomic mass is 10.2. The minimum atomic E-state index is -0.154. The van der Waals surface area contributed by atoms with E-state index in [2.05, 4.69) is 21.7 Å². The van der Waals surface area contributed by atoms with Crippen LogP contribution in [0.15, 0.2) is 64.5 Å². The van der Waals surface area contributed by atoms with E-state index in [9.17, 15) is 4.79 Å². The predicted molar refractivity (Wildman–Crippen MR) is 119 cm³/mol. The predicted octanol–water partition coefficient (Wildman–Crippen LogP) is 3.87. The Labute approximate surface area is 176 Å². The number of amides is 1. The van der Waals surface area contributed by atoms with Gasteiger partial charge in [0.1, 0.15) is 12.4 Å². The molecule has 4 rings (SSSR count). The van der Waals surface area contributed by atoms with Gasteiger partial charge in [0.25, 0.3) is 5.91 Å². The van der Waals surface area contributed by atoms with Crippen LogP contribution in [0.25, 0.3) is 6.08 Å². The fourth-order valence-electron chi connectivity index (χ4n) is 3.38. The average Bonchev–Trinajstić information content (AvgIpc) is 3.13. The zero-order valence-electron chi connectivity index (χ0n) is 16.6. The highest BCUT2D eigenvalue weighted by atomic mass is 32.2. The van der Waals surface area contributed by atoms with Gasteiger partial charge in [0, 0.05) is 26.2 Å². The molecular weight excluding hydrogens is 382 g/mol. The van der Waals surface area contributed by atoms with E-state index in [0.29, 0.717) is 11.5 Å². The van der Waals surface area contributed by atoms with E-state index in [1.165, 1.54) is 11.8 Å². The Bertz CT molecular complexity index is 919. The lowest BCUT2D eigenvalue weighted by Gasteiger charge is -2.34. The number of hydrogen-bond acceptors (Lipinski definition) is 5. The number of carbonyl (C=O) groups is 1. The van der Waals surface area contributed by atoms with Crippen LogP contribution in [-0.2, 0) is 11.4 Å². The van der Waals surface area contributed by atoms with Gasteiger partial charge >= 0.3 is 0 Å². The minimum absolute atomic E-state index is 0.154. The fraction of sp³-hybridized carbons (Fsp3) is 0.304. The van der Waals surface area contributed by atoms with Crippen molar-refractivity contribution >= 4 is 28.9 Å². The number of aliphatic imine (C=N–C) groups is 1. The molecule has 0 spiro atoms. The van der Waals surface area contributed by atoms with E-state index < -0.39 is 0 Å². The molecule has 0 saturated carbocycles. The molecular formula is C23H25N3O2S. The van der Waals surface area contributed by atoms with Crippen molar-refractivity contribution in [1.29, 1.82) is 0 Å². The zero-order valence-corrected chi connectivity index (χ0v) is 17.4. The van der Waals surface area contributed by atoms with E-state index in [-0.39, 0.29) is 5.91 Å². The Morgan fingerprint density at radius 1 is 1.07 bits per heavy atom. The van der Waals surface area contributed by atoms with Gasteiger partial charge in [-0.2, -0.15) is 4.99 Å². The fourth-order valence-corrected chi connectivity index (χ4v) is 4.34. The SMILES string of the molecule is CCN1CCN(C2=NC(=O)/C(=C/c3cccc(OCc4ccccc4)c3)S2)CC1. The lowest BCUT2D eigenvalue weighted by molar-refractivity contribution is -0.113. The Morgan fingerprint density at radius 3 is 2.62 bits per heavy atom. The zero-order chi connectivity index (χ0) is 20.1. The summed E-state index contributed by atoms with van der Waals surface area (Å²) in [6, 6.07) is 17.9. The third kappa shape index (κ3) is 5.08. The smallest absolute Gasteiger partial charge is 0.286 e. The average molecular weight is 408 g/mol. The van der Waals surface area contributed by atoms with Gasteiger partial charge in [-0.05, 0) is 47.6 Å². The molecule has 6 heteroatoms. The third-order valence-electron chi connectivity index (χ3n) is 5.10. The van der Waals surface area contributed by atoms with Crippen molar-refractivity contribution in [3.05, 3.63) is 70.6 Å². The highest BCUT2D eigenvalue weighted by molar-refractivity contribution is 8.18. The molecule has 0 radical (unpaired) electrons. The number of rotatable bonds is 5. The number of hydrogen-bond donors (Lipinski definition) is 0. The van der Waals surface area contributed by atoms with E-state index in [1.807, 2.05) is 60.7 Å². The van der Waals surface area contributed by atoms with Gasteiger partial charge < -0.3 is 14.5 Å². The van der Waals surface area contributed by atoms with Gasteiger partial charge in [0.2, 0.25) is 0 Å². The molecule has 1 amide bonds. The first-order valence-electron chi connectivity index (χ1n) is 9.98. The van der Waals surface area contributed by atoms with Crippen molar-refractivity contribution in [3.63, 3.8) is 0 Å². The maximum absolute atomic E-state index is 12.4. The molecule has 0 atom stereocenters. The summed E-state index contributed by atoms with van der Waals surface area (Å²) in [6.45, 7) is 7.64. The van der Waals surface area contributed by atoms with Crippen molar-refractivity contribution < 1.29 is 9.53 Å². The van der Waals surface area contributed by atoms with E-state index in [0.717, 1.165) is 54.8 Å². The van der Waals surface area contributed by atoms with Gasteiger partial charge in [0.15, 0.2) is 5.17 Å². The molecule has 0 bridgehead atoms. The van der Waals surface area contributed by atoms with Crippen LogP contribution in [0.5, 0.6) is 5.75 Å². The molecule has 0 aromatic heterocycles. The monoisotopic (exact) mass is 407 g/mol. The van der Waals surface area contributed by atoms with Crippen molar-refractivity contribution in [1.82, 2.24) is 9.80 Å². The standard InChI is InChI=1S/C23H25N3O2S/c1-2-25-11-13-26(14-12-25)23-24-22(27)21(29-23)16-19-9-6-10-20(15-19)28-17-18-7-4-3-5-8-18/h3-10,15-16H,2,11-14,17H2,1H3/b21-16-. The van der Waals surface area contributed by atoms with Crippen molar-refractivity contribution in [2.75, 3.05) is 32.7 Å². The van der Waals surface area contributed by atoms with E-state index in [4.69, 9.17) is 4.74 Å². The molecule has 150 valence electrons. The number of thioether (sulfide) groups is 1. The van der Waals surface area contributed by atoms with Gasteiger partial charge in [-0.15, -0.1) is 0 Å². The Kier molecular flexibility index (Phi) is 6.32. The van der Waals surface area contributed by atoms with Crippen LogP contribution < -0.4 is 4.74 Å². The molecule has 1 fully saturated rings. The first-order valence-corrected chi connectivity index (χ1v) is 10.8. The van der Waals surface area contributed by atoms with Crippen LogP contribution in [0.3, 0.4) is 0 Å². The van der Waals surface area contributed by atoms with E-state index >= 15 is 0 Å². The van der Waals surface area contributed by atoms with Gasteiger partial charge in [-0.25, -0.2) is 0 Å². The van der Waals surface area contributed by atoms with Crippen molar-refractivity contribution in [2.45, 2.75) is 13.5 Å². The maximum Gasteiger partial charge on any atom is 0.286 e. The molecule has 2 aromatic rings. The normalized spacial score (nSPS) is 18.9. The third-order valence-corrected chi connectivity index (χ3v) is 6.15. The van der Waals surface area contributed by atoms with Gasteiger partial charge in [-0.3, -0.25) is 4.79 Å². The molecule has 1 saturated heterocycles. The van der Waals surface area contributed by atoms with Crippen molar-refractivity contribution in [3.8, 4) is 5.75 Å². The number of amidine groups is 1. The quantitative estimate of drug-likeness (QED) is 0.704. The van der Waals surface area contributed by atoms with Crippen LogP contribution in [0, 0.1) is 0 Å². The van der Waals surface area contributed by atoms with E-state index in [1.54, 1.807) is 0 Å². The van der Waals surface area contributed by atoms with Crippen LogP contribution in [0.4, 0.5) is 0 Å². The summed E-state index contributed by atoms with van der Waals surface area (Å²) in [6.07, 6.45) is 1.90. The Morgan fingerprint density at radius 2 is 1.86 bits per heavy atom.